The minimum Gasteiger partial charge on any atom is -0.487 e. The van der Waals surface area contributed by atoms with E-state index in [4.69, 9.17) is 20.9 Å². The van der Waals surface area contributed by atoms with Gasteiger partial charge >= 0.3 is 0 Å². The van der Waals surface area contributed by atoms with Crippen molar-refractivity contribution in [1.29, 1.82) is 0 Å². The number of fused-ring (bicyclic) bond motifs is 1. The first-order valence-electron chi connectivity index (χ1n) is 11.2. The number of morpholine rings is 1. The van der Waals surface area contributed by atoms with Crippen LogP contribution in [0.25, 0.3) is 10.9 Å². The summed E-state index contributed by atoms with van der Waals surface area (Å²) in [6, 6.07) is 15.9. The summed E-state index contributed by atoms with van der Waals surface area (Å²) in [7, 11) is 0. The minimum absolute atomic E-state index is 0.375. The van der Waals surface area contributed by atoms with Crippen LogP contribution in [0, 0.1) is 12.3 Å². The van der Waals surface area contributed by atoms with E-state index in [1.165, 1.54) is 5.56 Å². The third-order valence-electron chi connectivity index (χ3n) is 5.65. The molecular formula is C27H25N5O2. The molecule has 7 heteroatoms. The summed E-state index contributed by atoms with van der Waals surface area (Å²) in [6.45, 7) is 4.76. The van der Waals surface area contributed by atoms with Gasteiger partial charge < -0.3 is 14.8 Å². The van der Waals surface area contributed by atoms with Gasteiger partial charge in [-0.1, -0.05) is 24.1 Å². The van der Waals surface area contributed by atoms with Crippen LogP contribution < -0.4 is 10.1 Å². The van der Waals surface area contributed by atoms with Gasteiger partial charge in [-0.3, -0.25) is 9.88 Å². The molecule has 170 valence electrons. The third-order valence-corrected chi connectivity index (χ3v) is 5.65. The van der Waals surface area contributed by atoms with Crippen LogP contribution in [0.4, 0.5) is 11.6 Å². The topological polar surface area (TPSA) is 72.4 Å². The monoisotopic (exact) mass is 451 g/mol. The first kappa shape index (κ1) is 21.8. The van der Waals surface area contributed by atoms with Crippen LogP contribution in [0.1, 0.15) is 16.7 Å². The average molecular weight is 452 g/mol. The van der Waals surface area contributed by atoms with Crippen molar-refractivity contribution in [2.75, 3.05) is 31.6 Å². The number of hydrogen-bond donors (Lipinski definition) is 1. The summed E-state index contributed by atoms with van der Waals surface area (Å²) in [6.07, 6.45) is 11.0. The molecule has 0 atom stereocenters. The third kappa shape index (κ3) is 5.31. The van der Waals surface area contributed by atoms with E-state index in [0.717, 1.165) is 55.0 Å². The number of aromatic nitrogens is 3. The van der Waals surface area contributed by atoms with Crippen molar-refractivity contribution < 1.29 is 9.47 Å². The van der Waals surface area contributed by atoms with Gasteiger partial charge in [0.25, 0.3) is 0 Å². The first-order chi connectivity index (χ1) is 16.8. The molecule has 0 amide bonds. The van der Waals surface area contributed by atoms with Gasteiger partial charge in [-0.15, -0.1) is 6.42 Å². The molecule has 0 saturated carbocycles. The largest absolute Gasteiger partial charge is 0.487 e. The lowest BCUT2D eigenvalue weighted by Crippen LogP contribution is -2.35. The number of nitrogens with one attached hydrogen (secondary N) is 1. The van der Waals surface area contributed by atoms with Gasteiger partial charge in [-0.25, -0.2) is 9.97 Å². The standard InChI is InChI=1S/C27H25N5O2/c1-2-22-14-23-17-29-27(31-25(23)15-26(22)34-19-21-6-4-8-28-16-21)30-24-7-3-5-20(13-24)18-32-9-11-33-12-10-32/h1,3-8,13-17H,9-12,18-19H2,(H,29,30,31). The minimum atomic E-state index is 0.375. The average Bonchev–Trinajstić information content (AvgIpc) is 2.88. The molecule has 0 bridgehead atoms. The number of hydrogen-bond acceptors (Lipinski definition) is 7. The maximum Gasteiger partial charge on any atom is 0.227 e. The second-order valence-electron chi connectivity index (χ2n) is 8.11. The molecule has 0 aliphatic carbocycles. The highest BCUT2D eigenvalue weighted by Gasteiger charge is 2.12. The van der Waals surface area contributed by atoms with E-state index >= 15 is 0 Å². The predicted molar refractivity (Wildman–Crippen MR) is 132 cm³/mol. The Morgan fingerprint density at radius 3 is 2.76 bits per heavy atom. The molecule has 1 saturated heterocycles. The highest BCUT2D eigenvalue weighted by atomic mass is 16.5. The quantitative estimate of drug-likeness (QED) is 0.423. The van der Waals surface area contributed by atoms with Crippen LogP contribution in [0.3, 0.4) is 0 Å². The van der Waals surface area contributed by atoms with E-state index in [-0.39, 0.29) is 0 Å². The Bertz CT molecular complexity index is 1310. The molecular weight excluding hydrogens is 426 g/mol. The van der Waals surface area contributed by atoms with Gasteiger partial charge in [0.2, 0.25) is 5.95 Å². The van der Waals surface area contributed by atoms with Crippen molar-refractivity contribution in [2.45, 2.75) is 13.2 Å². The molecule has 2 aromatic heterocycles. The summed E-state index contributed by atoms with van der Waals surface area (Å²) in [4.78, 5) is 15.7. The summed E-state index contributed by atoms with van der Waals surface area (Å²) in [5, 5.41) is 4.18. The molecule has 34 heavy (non-hydrogen) atoms. The Morgan fingerprint density at radius 2 is 1.94 bits per heavy atom. The van der Waals surface area contributed by atoms with E-state index in [9.17, 15) is 0 Å². The number of rotatable bonds is 7. The second-order valence-corrected chi connectivity index (χ2v) is 8.11. The van der Waals surface area contributed by atoms with Gasteiger partial charge in [0.05, 0.1) is 24.3 Å². The molecule has 5 rings (SSSR count). The Balaban J connectivity index is 1.34. The van der Waals surface area contributed by atoms with Gasteiger partial charge in [0.1, 0.15) is 12.4 Å². The molecule has 0 unspecified atom stereocenters. The number of terminal acetylenes is 1. The van der Waals surface area contributed by atoms with Crippen molar-refractivity contribution in [2.24, 2.45) is 0 Å². The van der Waals surface area contributed by atoms with Crippen LogP contribution in [-0.4, -0.2) is 46.2 Å². The van der Waals surface area contributed by atoms with E-state index in [0.29, 0.717) is 23.9 Å². The lowest BCUT2D eigenvalue weighted by atomic mass is 10.1. The molecule has 1 aliphatic rings. The summed E-state index contributed by atoms with van der Waals surface area (Å²) in [5.74, 6) is 3.82. The number of pyridine rings is 1. The van der Waals surface area contributed by atoms with Crippen LogP contribution in [0.5, 0.6) is 5.75 Å². The Labute approximate surface area is 198 Å². The smallest absolute Gasteiger partial charge is 0.227 e. The molecule has 7 nitrogen and oxygen atoms in total. The normalized spacial score (nSPS) is 14.0. The zero-order chi connectivity index (χ0) is 23.2. The summed E-state index contributed by atoms with van der Waals surface area (Å²) in [5.41, 5.74) is 4.56. The summed E-state index contributed by atoms with van der Waals surface area (Å²) < 4.78 is 11.4. The maximum atomic E-state index is 5.99. The Morgan fingerprint density at radius 1 is 1.06 bits per heavy atom. The van der Waals surface area contributed by atoms with Crippen LogP contribution >= 0.6 is 0 Å². The van der Waals surface area contributed by atoms with Gasteiger partial charge in [0.15, 0.2) is 0 Å². The van der Waals surface area contributed by atoms with Crippen molar-refractivity contribution in [3.63, 3.8) is 0 Å². The van der Waals surface area contributed by atoms with Gasteiger partial charge in [-0.2, -0.15) is 0 Å². The Kier molecular flexibility index (Phi) is 6.61. The van der Waals surface area contributed by atoms with Gasteiger partial charge in [-0.05, 0) is 29.8 Å². The zero-order valence-corrected chi connectivity index (χ0v) is 18.8. The number of anilines is 2. The van der Waals surface area contributed by atoms with Crippen LogP contribution in [-0.2, 0) is 17.9 Å². The molecule has 1 aliphatic heterocycles. The Hall–Kier alpha value is -3.99. The highest BCUT2D eigenvalue weighted by Crippen LogP contribution is 2.26. The van der Waals surface area contributed by atoms with E-state index in [2.05, 4.69) is 38.2 Å². The molecule has 0 radical (unpaired) electrons. The molecule has 4 aromatic rings. The van der Waals surface area contributed by atoms with E-state index in [1.807, 2.05) is 36.4 Å². The zero-order valence-electron chi connectivity index (χ0n) is 18.8. The fourth-order valence-electron chi connectivity index (χ4n) is 3.89. The molecule has 0 spiro atoms. The first-order valence-corrected chi connectivity index (χ1v) is 11.2. The maximum absolute atomic E-state index is 5.99. The van der Waals surface area contributed by atoms with Crippen LogP contribution in [0.15, 0.2) is 67.1 Å². The lowest BCUT2D eigenvalue weighted by molar-refractivity contribution is 0.0342. The van der Waals surface area contributed by atoms with Crippen LogP contribution in [0.2, 0.25) is 0 Å². The number of ether oxygens (including phenoxy) is 2. The fourth-order valence-corrected chi connectivity index (χ4v) is 3.89. The van der Waals surface area contributed by atoms with Crippen molar-refractivity contribution in [3.8, 4) is 18.1 Å². The van der Waals surface area contributed by atoms with E-state index in [1.54, 1.807) is 18.6 Å². The molecule has 1 fully saturated rings. The highest BCUT2D eigenvalue weighted by molar-refractivity contribution is 5.83. The molecule has 1 N–H and O–H groups in total. The lowest BCUT2D eigenvalue weighted by Gasteiger charge is -2.26. The predicted octanol–water partition coefficient (Wildman–Crippen LogP) is 4.16. The van der Waals surface area contributed by atoms with Gasteiger partial charge in [0, 0.05) is 60.9 Å². The SMILES string of the molecule is C#Cc1cc2cnc(Nc3cccc(CN4CCOCC4)c3)nc2cc1OCc1cccnc1. The van der Waals surface area contributed by atoms with Crippen molar-refractivity contribution >= 4 is 22.5 Å². The van der Waals surface area contributed by atoms with E-state index < -0.39 is 0 Å². The fraction of sp³-hybridized carbons (Fsp3) is 0.222. The molecule has 2 aromatic carbocycles. The number of nitrogens with zero attached hydrogens (tertiary/aromatic N) is 4. The second kappa shape index (κ2) is 10.3. The molecule has 3 heterocycles. The van der Waals surface area contributed by atoms with Crippen molar-refractivity contribution in [1.82, 2.24) is 19.9 Å². The number of benzene rings is 2. The van der Waals surface area contributed by atoms with Crippen molar-refractivity contribution in [3.05, 3.63) is 83.8 Å². The summed E-state index contributed by atoms with van der Waals surface area (Å²) >= 11 is 0.